The van der Waals surface area contributed by atoms with Gasteiger partial charge in [0.25, 0.3) is 0 Å². The fraction of sp³-hybridized carbons (Fsp3) is 0.857. The summed E-state index contributed by atoms with van der Waals surface area (Å²) >= 11 is 1.66. The van der Waals surface area contributed by atoms with Crippen molar-refractivity contribution in [2.75, 3.05) is 20.2 Å². The number of hydrogen-bond acceptors (Lipinski definition) is 5. The highest BCUT2D eigenvalue weighted by atomic mass is 32.2. The molecule has 0 aromatic heterocycles. The summed E-state index contributed by atoms with van der Waals surface area (Å²) in [5, 5.41) is 15.8. The predicted molar refractivity (Wildman–Crippen MR) is 113 cm³/mol. The monoisotopic (exact) mass is 425 g/mol. The minimum absolute atomic E-state index is 0.00126. The smallest absolute Gasteiger partial charge is 0.244 e. The number of nitrogens with one attached hydrogen (secondary N) is 2. The van der Waals surface area contributed by atoms with Crippen LogP contribution in [0.3, 0.4) is 0 Å². The Labute approximate surface area is 177 Å². The Morgan fingerprint density at radius 1 is 1.31 bits per heavy atom. The molecule has 1 spiro atoms. The molecule has 3 amide bonds. The Morgan fingerprint density at radius 3 is 2.55 bits per heavy atom. The molecule has 2 unspecified atom stereocenters. The molecule has 3 aliphatic rings. The van der Waals surface area contributed by atoms with E-state index in [4.69, 9.17) is 0 Å². The number of likely N-dealkylation sites (tertiary alicyclic amines) is 1. The van der Waals surface area contributed by atoms with Crippen LogP contribution in [0.2, 0.25) is 0 Å². The van der Waals surface area contributed by atoms with Crippen LogP contribution in [-0.4, -0.2) is 69.5 Å². The molecule has 6 atom stereocenters. The molecule has 0 aromatic rings. The molecule has 3 aliphatic heterocycles. The number of fused-ring (bicyclic) bond motifs is 1. The van der Waals surface area contributed by atoms with Gasteiger partial charge in [-0.3, -0.25) is 14.4 Å². The quantitative estimate of drug-likeness (QED) is 0.507. The number of aliphatic hydroxyl groups is 1. The lowest BCUT2D eigenvalue weighted by Crippen LogP contribution is -2.57. The van der Waals surface area contributed by atoms with Gasteiger partial charge in [-0.15, -0.1) is 11.8 Å². The maximum atomic E-state index is 13.7. The number of carbonyl (C=O) groups excluding carboxylic acids is 3. The van der Waals surface area contributed by atoms with E-state index in [-0.39, 0.29) is 35.0 Å². The van der Waals surface area contributed by atoms with Gasteiger partial charge < -0.3 is 20.6 Å². The SMILES string of the molecule is CCCCNC(=O)C1N([C@@H](CO)C(C)C)C(=O)[C@@H]2[C@@H](C(=O)NC)[C@@]3(C)CCC12S3. The molecule has 29 heavy (non-hydrogen) atoms. The van der Waals surface area contributed by atoms with Crippen LogP contribution in [0, 0.1) is 17.8 Å². The molecule has 0 radical (unpaired) electrons. The maximum Gasteiger partial charge on any atom is 0.244 e. The Morgan fingerprint density at radius 2 is 2.00 bits per heavy atom. The normalized spacial score (nSPS) is 36.4. The van der Waals surface area contributed by atoms with Crippen molar-refractivity contribution in [3.05, 3.63) is 0 Å². The van der Waals surface area contributed by atoms with Crippen molar-refractivity contribution in [3.8, 4) is 0 Å². The van der Waals surface area contributed by atoms with E-state index in [0.717, 1.165) is 25.7 Å². The van der Waals surface area contributed by atoms with Gasteiger partial charge in [-0.05, 0) is 32.1 Å². The lowest BCUT2D eigenvalue weighted by Gasteiger charge is -2.38. The first-order valence-corrected chi connectivity index (χ1v) is 11.6. The highest BCUT2D eigenvalue weighted by Crippen LogP contribution is 2.71. The molecule has 0 aromatic carbocycles. The van der Waals surface area contributed by atoms with Crippen LogP contribution in [0.1, 0.15) is 53.4 Å². The van der Waals surface area contributed by atoms with Crippen LogP contribution < -0.4 is 10.6 Å². The molecule has 3 saturated heterocycles. The summed E-state index contributed by atoms with van der Waals surface area (Å²) in [5.74, 6) is -1.42. The number of nitrogens with zero attached hydrogens (tertiary/aromatic N) is 1. The number of carbonyl (C=O) groups is 3. The van der Waals surface area contributed by atoms with Crippen molar-refractivity contribution >= 4 is 29.5 Å². The highest BCUT2D eigenvalue weighted by molar-refractivity contribution is 8.02. The summed E-state index contributed by atoms with van der Waals surface area (Å²) in [6.45, 7) is 8.40. The molecule has 3 rings (SSSR count). The van der Waals surface area contributed by atoms with Crippen molar-refractivity contribution < 1.29 is 19.5 Å². The van der Waals surface area contributed by atoms with Crippen molar-refractivity contribution in [3.63, 3.8) is 0 Å². The van der Waals surface area contributed by atoms with E-state index in [1.165, 1.54) is 0 Å². The number of amides is 3. The number of unbranched alkanes of at least 4 members (excludes halogenated alkanes) is 1. The van der Waals surface area contributed by atoms with Crippen LogP contribution in [0.25, 0.3) is 0 Å². The molecule has 2 bridgehead atoms. The van der Waals surface area contributed by atoms with Gasteiger partial charge >= 0.3 is 0 Å². The van der Waals surface area contributed by atoms with Crippen LogP contribution >= 0.6 is 11.8 Å². The van der Waals surface area contributed by atoms with Crippen molar-refractivity contribution in [2.24, 2.45) is 17.8 Å². The summed E-state index contributed by atoms with van der Waals surface area (Å²) in [6, 6.07) is -1.10. The minimum atomic E-state index is -0.655. The fourth-order valence-corrected chi connectivity index (χ4v) is 8.02. The number of rotatable bonds is 8. The predicted octanol–water partition coefficient (Wildman–Crippen LogP) is 1.15. The standard InChI is InChI=1S/C21H35N3O4S/c1-6-7-10-23-18(27)16-21-9-8-20(4,29-21)14(17(26)22-5)15(21)19(28)24(16)13(11-25)12(2)3/h12-16,25H,6-11H2,1-5H3,(H,22,26)(H,23,27)/t13-,14-,15-,16?,20+,21?/m0/s1. The van der Waals surface area contributed by atoms with E-state index >= 15 is 0 Å². The van der Waals surface area contributed by atoms with Gasteiger partial charge in [0, 0.05) is 18.3 Å². The molecule has 164 valence electrons. The third kappa shape index (κ3) is 3.26. The van der Waals surface area contributed by atoms with Crippen LogP contribution in [-0.2, 0) is 14.4 Å². The van der Waals surface area contributed by atoms with Crippen LogP contribution in [0.5, 0.6) is 0 Å². The van der Waals surface area contributed by atoms with Gasteiger partial charge in [0.2, 0.25) is 17.7 Å². The van der Waals surface area contributed by atoms with E-state index in [0.29, 0.717) is 6.54 Å². The average Bonchev–Trinajstić information content (AvgIpc) is 3.23. The summed E-state index contributed by atoms with van der Waals surface area (Å²) in [7, 11) is 1.60. The van der Waals surface area contributed by atoms with E-state index in [1.54, 1.807) is 23.7 Å². The maximum absolute atomic E-state index is 13.7. The van der Waals surface area contributed by atoms with Gasteiger partial charge in [-0.25, -0.2) is 0 Å². The molecule has 3 heterocycles. The summed E-state index contributed by atoms with van der Waals surface area (Å²) < 4.78 is -0.956. The van der Waals surface area contributed by atoms with E-state index in [2.05, 4.69) is 24.5 Å². The molecular formula is C21H35N3O4S. The Kier molecular flexibility index (Phi) is 6.26. The van der Waals surface area contributed by atoms with Crippen LogP contribution in [0.15, 0.2) is 0 Å². The summed E-state index contributed by atoms with van der Waals surface area (Å²) in [5.41, 5.74) is 0. The molecule has 7 nitrogen and oxygen atoms in total. The zero-order chi connectivity index (χ0) is 21.6. The fourth-order valence-electron chi connectivity index (χ4n) is 5.68. The second-order valence-electron chi connectivity index (χ2n) is 9.23. The lowest BCUT2D eigenvalue weighted by molar-refractivity contribution is -0.144. The molecule has 3 fully saturated rings. The molecule has 8 heteroatoms. The largest absolute Gasteiger partial charge is 0.394 e. The molecular weight excluding hydrogens is 390 g/mol. The Hall–Kier alpha value is -1.28. The Bertz CT molecular complexity index is 687. The van der Waals surface area contributed by atoms with E-state index in [1.807, 2.05) is 13.8 Å². The van der Waals surface area contributed by atoms with Gasteiger partial charge in [0.05, 0.1) is 29.2 Å². The average molecular weight is 426 g/mol. The summed E-state index contributed by atoms with van der Waals surface area (Å²) in [6.07, 6.45) is 3.38. The third-order valence-corrected chi connectivity index (χ3v) is 9.12. The second kappa shape index (κ2) is 8.10. The van der Waals surface area contributed by atoms with Crippen molar-refractivity contribution in [2.45, 2.75) is 75.0 Å². The van der Waals surface area contributed by atoms with E-state index in [9.17, 15) is 19.5 Å². The van der Waals surface area contributed by atoms with Crippen LogP contribution in [0.4, 0.5) is 0 Å². The third-order valence-electron chi connectivity index (χ3n) is 7.14. The van der Waals surface area contributed by atoms with Gasteiger partial charge in [0.15, 0.2) is 0 Å². The highest BCUT2D eigenvalue weighted by Gasteiger charge is 2.77. The number of hydrogen-bond donors (Lipinski definition) is 3. The Balaban J connectivity index is 2.06. The first-order chi connectivity index (χ1) is 13.7. The topological polar surface area (TPSA) is 98.7 Å². The van der Waals surface area contributed by atoms with E-state index < -0.39 is 28.7 Å². The van der Waals surface area contributed by atoms with Gasteiger partial charge in [-0.2, -0.15) is 0 Å². The first-order valence-electron chi connectivity index (χ1n) is 10.8. The van der Waals surface area contributed by atoms with Gasteiger partial charge in [-0.1, -0.05) is 27.2 Å². The second-order valence-corrected chi connectivity index (χ2v) is 11.1. The molecule has 0 saturated carbocycles. The molecule has 3 N–H and O–H groups in total. The first kappa shape index (κ1) is 22.4. The van der Waals surface area contributed by atoms with Gasteiger partial charge in [0.1, 0.15) is 6.04 Å². The van der Waals surface area contributed by atoms with Crippen molar-refractivity contribution in [1.82, 2.24) is 15.5 Å². The number of aliphatic hydroxyl groups excluding tert-OH is 1. The lowest BCUT2D eigenvalue weighted by atomic mass is 9.66. The minimum Gasteiger partial charge on any atom is -0.394 e. The van der Waals surface area contributed by atoms with Crippen molar-refractivity contribution in [1.29, 1.82) is 0 Å². The zero-order valence-corrected chi connectivity index (χ0v) is 19.0. The zero-order valence-electron chi connectivity index (χ0n) is 18.2. The summed E-state index contributed by atoms with van der Waals surface area (Å²) in [4.78, 5) is 41.6. The number of thioether (sulfide) groups is 1. The molecule has 0 aliphatic carbocycles.